The Morgan fingerprint density at radius 1 is 1.42 bits per heavy atom. The van der Waals surface area contributed by atoms with E-state index in [4.69, 9.17) is 0 Å². The summed E-state index contributed by atoms with van der Waals surface area (Å²) in [6.07, 6.45) is 0.974. The number of hydrogen-bond donors (Lipinski definition) is 1. The summed E-state index contributed by atoms with van der Waals surface area (Å²) in [5.74, 6) is 0.377. The molecule has 0 atom stereocenters. The Hall–Kier alpha value is -1.02. The second-order valence-corrected chi connectivity index (χ2v) is 3.74. The van der Waals surface area contributed by atoms with E-state index in [1.165, 1.54) is 15.6 Å². The molecular formula is C10H10OS. The Morgan fingerprint density at radius 2 is 2.25 bits per heavy atom. The molecule has 0 aliphatic heterocycles. The van der Waals surface area contributed by atoms with E-state index in [-0.39, 0.29) is 0 Å². The lowest BCUT2D eigenvalue weighted by atomic mass is 10.1. The summed E-state index contributed by atoms with van der Waals surface area (Å²) in [4.78, 5) is 0. The molecule has 1 aromatic heterocycles. The van der Waals surface area contributed by atoms with Crippen molar-refractivity contribution in [2.75, 3.05) is 0 Å². The second kappa shape index (κ2) is 2.79. The molecule has 2 aromatic rings. The Labute approximate surface area is 75.3 Å². The van der Waals surface area contributed by atoms with Gasteiger partial charge in [0.1, 0.15) is 5.75 Å². The lowest BCUT2D eigenvalue weighted by molar-refractivity contribution is 0.475. The lowest BCUT2D eigenvalue weighted by Gasteiger charge is -2.00. The number of thiophene rings is 1. The fourth-order valence-corrected chi connectivity index (χ4v) is 2.29. The SMILES string of the molecule is CCc1cc(O)cc2sccc12. The monoisotopic (exact) mass is 178 g/mol. The summed E-state index contributed by atoms with van der Waals surface area (Å²) in [6, 6.07) is 5.77. The van der Waals surface area contributed by atoms with Crippen LogP contribution in [0.1, 0.15) is 12.5 Å². The van der Waals surface area contributed by atoms with E-state index in [2.05, 4.69) is 18.4 Å². The first-order valence-corrected chi connectivity index (χ1v) is 4.88. The maximum atomic E-state index is 9.37. The molecule has 0 aliphatic rings. The minimum atomic E-state index is 0.377. The zero-order chi connectivity index (χ0) is 8.55. The van der Waals surface area contributed by atoms with Crippen molar-refractivity contribution >= 4 is 21.4 Å². The molecule has 2 heteroatoms. The van der Waals surface area contributed by atoms with Crippen LogP contribution in [0.2, 0.25) is 0 Å². The van der Waals surface area contributed by atoms with Gasteiger partial charge in [0, 0.05) is 4.70 Å². The molecule has 1 nitrogen and oxygen atoms in total. The molecule has 2 rings (SSSR count). The number of phenolic OH excluding ortho intramolecular Hbond substituents is 1. The van der Waals surface area contributed by atoms with Crippen molar-refractivity contribution in [3.8, 4) is 5.75 Å². The molecule has 1 aromatic carbocycles. The maximum Gasteiger partial charge on any atom is 0.117 e. The Balaban J connectivity index is 2.80. The van der Waals surface area contributed by atoms with E-state index < -0.39 is 0 Å². The first kappa shape index (κ1) is 7.62. The zero-order valence-electron chi connectivity index (χ0n) is 6.87. The summed E-state index contributed by atoms with van der Waals surface area (Å²) in [6.45, 7) is 2.10. The Morgan fingerprint density at radius 3 is 3.00 bits per heavy atom. The molecule has 0 amide bonds. The first-order chi connectivity index (χ1) is 5.81. The molecule has 0 aliphatic carbocycles. The third-order valence-electron chi connectivity index (χ3n) is 2.02. The fraction of sp³-hybridized carbons (Fsp3) is 0.200. The van der Waals surface area contributed by atoms with Gasteiger partial charge in [-0.15, -0.1) is 11.3 Å². The van der Waals surface area contributed by atoms with Crippen molar-refractivity contribution in [3.05, 3.63) is 29.1 Å². The van der Waals surface area contributed by atoms with Crippen molar-refractivity contribution in [3.63, 3.8) is 0 Å². The molecule has 0 saturated carbocycles. The molecule has 0 saturated heterocycles. The van der Waals surface area contributed by atoms with Gasteiger partial charge in [0.15, 0.2) is 0 Å². The standard InChI is InChI=1S/C10H10OS/c1-2-7-5-8(11)6-10-9(7)3-4-12-10/h3-6,11H,2H2,1H3. The van der Waals surface area contributed by atoms with E-state index in [9.17, 15) is 5.11 Å². The quantitative estimate of drug-likeness (QED) is 0.711. The van der Waals surface area contributed by atoms with Crippen LogP contribution in [-0.2, 0) is 6.42 Å². The number of benzene rings is 1. The number of aryl methyl sites for hydroxylation is 1. The second-order valence-electron chi connectivity index (χ2n) is 2.79. The topological polar surface area (TPSA) is 20.2 Å². The van der Waals surface area contributed by atoms with Crippen molar-refractivity contribution in [2.24, 2.45) is 0 Å². The fourth-order valence-electron chi connectivity index (χ4n) is 1.42. The third kappa shape index (κ3) is 1.08. The third-order valence-corrected chi connectivity index (χ3v) is 2.89. The van der Waals surface area contributed by atoms with Gasteiger partial charge >= 0.3 is 0 Å². The average molecular weight is 178 g/mol. The van der Waals surface area contributed by atoms with Gasteiger partial charge in [-0.05, 0) is 40.9 Å². The lowest BCUT2D eigenvalue weighted by Crippen LogP contribution is -1.79. The van der Waals surface area contributed by atoms with E-state index in [0.717, 1.165) is 6.42 Å². The van der Waals surface area contributed by atoms with Crippen molar-refractivity contribution in [1.29, 1.82) is 0 Å². The average Bonchev–Trinajstić information content (AvgIpc) is 2.50. The maximum absolute atomic E-state index is 9.37. The molecule has 0 bridgehead atoms. The van der Waals surface area contributed by atoms with Crippen molar-refractivity contribution < 1.29 is 5.11 Å². The minimum absolute atomic E-state index is 0.377. The van der Waals surface area contributed by atoms with Crippen LogP contribution in [0.3, 0.4) is 0 Å². The molecule has 62 valence electrons. The normalized spacial score (nSPS) is 10.8. The number of hydrogen-bond acceptors (Lipinski definition) is 2. The highest BCUT2D eigenvalue weighted by Gasteiger charge is 2.02. The van der Waals surface area contributed by atoms with Gasteiger partial charge < -0.3 is 5.11 Å². The predicted molar refractivity (Wildman–Crippen MR) is 52.9 cm³/mol. The molecule has 0 fully saturated rings. The Kier molecular flexibility index (Phi) is 1.77. The van der Waals surface area contributed by atoms with Crippen LogP contribution in [0.15, 0.2) is 23.6 Å². The molecule has 1 N–H and O–H groups in total. The van der Waals surface area contributed by atoms with Crippen LogP contribution in [0, 0.1) is 0 Å². The molecule has 12 heavy (non-hydrogen) atoms. The summed E-state index contributed by atoms with van der Waals surface area (Å²) < 4.78 is 1.17. The summed E-state index contributed by atoms with van der Waals surface area (Å²) >= 11 is 1.67. The van der Waals surface area contributed by atoms with Crippen LogP contribution in [0.5, 0.6) is 5.75 Å². The highest BCUT2D eigenvalue weighted by molar-refractivity contribution is 7.17. The van der Waals surface area contributed by atoms with Crippen LogP contribution >= 0.6 is 11.3 Å². The molecular weight excluding hydrogens is 168 g/mol. The van der Waals surface area contributed by atoms with Crippen molar-refractivity contribution in [1.82, 2.24) is 0 Å². The minimum Gasteiger partial charge on any atom is -0.508 e. The van der Waals surface area contributed by atoms with Crippen LogP contribution in [-0.4, -0.2) is 5.11 Å². The summed E-state index contributed by atoms with van der Waals surface area (Å²) in [5.41, 5.74) is 1.23. The number of fused-ring (bicyclic) bond motifs is 1. The van der Waals surface area contributed by atoms with E-state index in [0.29, 0.717) is 5.75 Å². The van der Waals surface area contributed by atoms with E-state index >= 15 is 0 Å². The van der Waals surface area contributed by atoms with Gasteiger partial charge in [-0.25, -0.2) is 0 Å². The zero-order valence-corrected chi connectivity index (χ0v) is 7.69. The molecule has 1 heterocycles. The van der Waals surface area contributed by atoms with E-state index in [1.807, 2.05) is 12.1 Å². The Bertz CT molecular complexity index is 403. The van der Waals surface area contributed by atoms with Crippen LogP contribution < -0.4 is 0 Å². The predicted octanol–water partition coefficient (Wildman–Crippen LogP) is 3.17. The molecule has 0 spiro atoms. The summed E-state index contributed by atoms with van der Waals surface area (Å²) in [7, 11) is 0. The van der Waals surface area contributed by atoms with Crippen LogP contribution in [0.25, 0.3) is 10.1 Å². The number of rotatable bonds is 1. The van der Waals surface area contributed by atoms with Crippen LogP contribution in [0.4, 0.5) is 0 Å². The smallest absolute Gasteiger partial charge is 0.117 e. The molecule has 0 unspecified atom stereocenters. The molecule has 0 radical (unpaired) electrons. The highest BCUT2D eigenvalue weighted by atomic mass is 32.1. The van der Waals surface area contributed by atoms with Gasteiger partial charge in [-0.1, -0.05) is 6.92 Å². The highest BCUT2D eigenvalue weighted by Crippen LogP contribution is 2.28. The van der Waals surface area contributed by atoms with Gasteiger partial charge in [-0.3, -0.25) is 0 Å². The van der Waals surface area contributed by atoms with Crippen molar-refractivity contribution in [2.45, 2.75) is 13.3 Å². The summed E-state index contributed by atoms with van der Waals surface area (Å²) in [5, 5.41) is 12.7. The largest absolute Gasteiger partial charge is 0.508 e. The van der Waals surface area contributed by atoms with Gasteiger partial charge in [-0.2, -0.15) is 0 Å². The number of aromatic hydroxyl groups is 1. The first-order valence-electron chi connectivity index (χ1n) is 4.00. The van der Waals surface area contributed by atoms with Gasteiger partial charge in [0.2, 0.25) is 0 Å². The van der Waals surface area contributed by atoms with E-state index in [1.54, 1.807) is 11.3 Å². The number of phenols is 1. The van der Waals surface area contributed by atoms with Gasteiger partial charge in [0.05, 0.1) is 0 Å². The van der Waals surface area contributed by atoms with Gasteiger partial charge in [0.25, 0.3) is 0 Å².